The Labute approximate surface area is 176 Å². The van der Waals surface area contributed by atoms with E-state index >= 15 is 0 Å². The Kier molecular flexibility index (Phi) is 5.57. The maximum absolute atomic E-state index is 12.0. The molecule has 0 unspecified atom stereocenters. The fourth-order valence-electron chi connectivity index (χ4n) is 3.84. The summed E-state index contributed by atoms with van der Waals surface area (Å²) in [5.41, 5.74) is 2.55. The molecule has 0 aliphatic carbocycles. The first-order chi connectivity index (χ1) is 14.7. The van der Waals surface area contributed by atoms with Crippen LogP contribution in [0.25, 0.3) is 0 Å². The number of carbonyl (C=O) groups excluding carboxylic acids is 1. The monoisotopic (exact) mass is 393 g/mol. The van der Waals surface area contributed by atoms with Gasteiger partial charge in [-0.1, -0.05) is 97.1 Å². The van der Waals surface area contributed by atoms with Crippen molar-refractivity contribution in [3.8, 4) is 0 Å². The first kappa shape index (κ1) is 19.4. The zero-order valence-corrected chi connectivity index (χ0v) is 16.6. The van der Waals surface area contributed by atoms with Gasteiger partial charge in [-0.25, -0.2) is 0 Å². The summed E-state index contributed by atoms with van der Waals surface area (Å²) in [6.45, 7) is 3.62. The number of amides is 1. The van der Waals surface area contributed by atoms with Crippen LogP contribution in [-0.4, -0.2) is 15.7 Å². The lowest BCUT2D eigenvalue weighted by atomic mass is 9.77. The van der Waals surface area contributed by atoms with Crippen LogP contribution >= 0.6 is 0 Å². The second-order valence-corrected chi connectivity index (χ2v) is 7.00. The molecule has 1 heterocycles. The van der Waals surface area contributed by atoms with Crippen LogP contribution in [0, 0.1) is 0 Å². The second kappa shape index (κ2) is 8.62. The van der Waals surface area contributed by atoms with Crippen molar-refractivity contribution < 1.29 is 4.79 Å². The molecule has 148 valence electrons. The number of hydrogen-bond acceptors (Lipinski definition) is 2. The van der Waals surface area contributed by atoms with Crippen molar-refractivity contribution in [2.45, 2.75) is 12.0 Å². The number of nitrogens with zero attached hydrogens (tertiary/aromatic N) is 2. The zero-order valence-electron chi connectivity index (χ0n) is 16.6. The summed E-state index contributed by atoms with van der Waals surface area (Å²) < 4.78 is 1.93. The molecule has 0 bridgehead atoms. The molecule has 0 spiro atoms. The molecule has 1 aromatic heterocycles. The fraction of sp³-hybridized carbons (Fsp3) is 0.0769. The van der Waals surface area contributed by atoms with Crippen molar-refractivity contribution in [1.82, 2.24) is 9.78 Å². The van der Waals surface area contributed by atoms with E-state index in [4.69, 9.17) is 5.10 Å². The van der Waals surface area contributed by atoms with Gasteiger partial charge in [0.15, 0.2) is 5.82 Å². The molecule has 0 saturated carbocycles. The molecule has 1 N–H and O–H groups in total. The van der Waals surface area contributed by atoms with Gasteiger partial charge in [-0.2, -0.15) is 5.10 Å². The molecular weight excluding hydrogens is 370 g/mol. The Morgan fingerprint density at radius 2 is 1.30 bits per heavy atom. The summed E-state index contributed by atoms with van der Waals surface area (Å²) in [4.78, 5) is 12.0. The minimum Gasteiger partial charge on any atom is -0.309 e. The standard InChI is InChI=1S/C26H23N3O/c1-2-12-25(30)27-24-19-20-29(28-24)26(21-13-6-3-7-14-21,22-15-8-4-9-16-22)23-17-10-5-11-18-23/h2-11,13-20H,1,12H2,(H,27,28,30). The molecule has 4 rings (SSSR count). The highest BCUT2D eigenvalue weighted by atomic mass is 16.1. The van der Waals surface area contributed by atoms with E-state index < -0.39 is 5.54 Å². The normalized spacial score (nSPS) is 11.1. The first-order valence-corrected chi connectivity index (χ1v) is 9.88. The van der Waals surface area contributed by atoms with Crippen LogP contribution in [0.15, 0.2) is 116 Å². The van der Waals surface area contributed by atoms with E-state index in [9.17, 15) is 4.79 Å². The highest BCUT2D eigenvalue weighted by molar-refractivity contribution is 5.90. The third kappa shape index (κ3) is 3.55. The number of benzene rings is 3. The molecule has 4 nitrogen and oxygen atoms in total. The van der Waals surface area contributed by atoms with Crippen molar-refractivity contribution in [3.63, 3.8) is 0 Å². The van der Waals surface area contributed by atoms with E-state index in [-0.39, 0.29) is 12.3 Å². The summed E-state index contributed by atoms with van der Waals surface area (Å²) in [6.07, 6.45) is 3.74. The van der Waals surface area contributed by atoms with Crippen LogP contribution in [-0.2, 0) is 10.3 Å². The van der Waals surface area contributed by atoms with Crippen LogP contribution in [0.1, 0.15) is 23.1 Å². The Morgan fingerprint density at radius 3 is 1.73 bits per heavy atom. The Morgan fingerprint density at radius 1 is 0.833 bits per heavy atom. The molecular formula is C26H23N3O. The van der Waals surface area contributed by atoms with E-state index in [1.807, 2.05) is 71.5 Å². The van der Waals surface area contributed by atoms with E-state index in [2.05, 4.69) is 48.3 Å². The summed E-state index contributed by atoms with van der Waals surface area (Å²) in [6, 6.07) is 32.7. The fourth-order valence-corrected chi connectivity index (χ4v) is 3.84. The van der Waals surface area contributed by atoms with Crippen LogP contribution < -0.4 is 5.32 Å². The number of carbonyl (C=O) groups is 1. The predicted octanol–water partition coefficient (Wildman–Crippen LogP) is 5.24. The zero-order chi connectivity index (χ0) is 20.8. The van der Waals surface area contributed by atoms with Crippen molar-refractivity contribution in [1.29, 1.82) is 0 Å². The van der Waals surface area contributed by atoms with E-state index in [0.717, 1.165) is 16.7 Å². The number of nitrogens with one attached hydrogen (secondary N) is 1. The Hall–Kier alpha value is -3.92. The molecule has 0 saturated heterocycles. The van der Waals surface area contributed by atoms with Gasteiger partial charge in [0.05, 0.1) is 0 Å². The van der Waals surface area contributed by atoms with Gasteiger partial charge in [-0.05, 0) is 16.7 Å². The lowest BCUT2D eigenvalue weighted by molar-refractivity contribution is -0.115. The minimum atomic E-state index is -0.689. The highest BCUT2D eigenvalue weighted by Crippen LogP contribution is 2.40. The number of anilines is 1. The molecule has 0 fully saturated rings. The van der Waals surface area contributed by atoms with Gasteiger partial charge in [0.25, 0.3) is 0 Å². The van der Waals surface area contributed by atoms with E-state index in [1.54, 1.807) is 6.08 Å². The van der Waals surface area contributed by atoms with Crippen LogP contribution in [0.3, 0.4) is 0 Å². The molecule has 4 heteroatoms. The molecule has 0 atom stereocenters. The molecule has 0 aliphatic rings. The van der Waals surface area contributed by atoms with Crippen LogP contribution in [0.4, 0.5) is 5.82 Å². The Bertz CT molecular complexity index is 1020. The molecule has 0 aliphatic heterocycles. The van der Waals surface area contributed by atoms with Crippen LogP contribution in [0.5, 0.6) is 0 Å². The maximum atomic E-state index is 12.0. The number of hydrogen-bond donors (Lipinski definition) is 1. The largest absolute Gasteiger partial charge is 0.309 e. The summed E-state index contributed by atoms with van der Waals surface area (Å²) in [5.74, 6) is 0.369. The SMILES string of the molecule is C=CCC(=O)Nc1ccn(C(c2ccccc2)(c2ccccc2)c2ccccc2)n1. The summed E-state index contributed by atoms with van der Waals surface area (Å²) >= 11 is 0. The molecule has 1 amide bonds. The topological polar surface area (TPSA) is 46.9 Å². The van der Waals surface area contributed by atoms with Gasteiger partial charge < -0.3 is 5.32 Å². The lowest BCUT2D eigenvalue weighted by Gasteiger charge is -2.36. The van der Waals surface area contributed by atoms with Gasteiger partial charge >= 0.3 is 0 Å². The average molecular weight is 393 g/mol. The van der Waals surface area contributed by atoms with Gasteiger partial charge in [0.2, 0.25) is 5.91 Å². The van der Waals surface area contributed by atoms with Gasteiger partial charge in [-0.3, -0.25) is 9.48 Å². The van der Waals surface area contributed by atoms with Crippen molar-refractivity contribution in [2.24, 2.45) is 0 Å². The minimum absolute atomic E-state index is 0.139. The second-order valence-electron chi connectivity index (χ2n) is 7.00. The number of aromatic nitrogens is 2. The van der Waals surface area contributed by atoms with Crippen molar-refractivity contribution >= 4 is 11.7 Å². The summed E-state index contributed by atoms with van der Waals surface area (Å²) in [5, 5.41) is 7.63. The number of rotatable bonds is 7. The average Bonchev–Trinajstić information content (AvgIpc) is 3.25. The Balaban J connectivity index is 1.96. The highest BCUT2D eigenvalue weighted by Gasteiger charge is 2.39. The van der Waals surface area contributed by atoms with Gasteiger partial charge in [0.1, 0.15) is 5.54 Å². The van der Waals surface area contributed by atoms with Crippen molar-refractivity contribution in [2.75, 3.05) is 5.32 Å². The van der Waals surface area contributed by atoms with E-state index in [1.165, 1.54) is 0 Å². The molecule has 4 aromatic rings. The molecule has 0 radical (unpaired) electrons. The lowest BCUT2D eigenvalue weighted by Crippen LogP contribution is -2.38. The smallest absolute Gasteiger partial charge is 0.229 e. The van der Waals surface area contributed by atoms with E-state index in [0.29, 0.717) is 5.82 Å². The van der Waals surface area contributed by atoms with Gasteiger partial charge in [-0.15, -0.1) is 6.58 Å². The quantitative estimate of drug-likeness (QED) is 0.345. The summed E-state index contributed by atoms with van der Waals surface area (Å²) in [7, 11) is 0. The maximum Gasteiger partial charge on any atom is 0.229 e. The predicted molar refractivity (Wildman–Crippen MR) is 120 cm³/mol. The third-order valence-corrected chi connectivity index (χ3v) is 5.10. The third-order valence-electron chi connectivity index (χ3n) is 5.10. The first-order valence-electron chi connectivity index (χ1n) is 9.88. The van der Waals surface area contributed by atoms with Crippen LogP contribution in [0.2, 0.25) is 0 Å². The van der Waals surface area contributed by atoms with Crippen molar-refractivity contribution in [3.05, 3.63) is 133 Å². The van der Waals surface area contributed by atoms with Gasteiger partial charge in [0, 0.05) is 18.7 Å². The molecule has 3 aromatic carbocycles. The molecule has 30 heavy (non-hydrogen) atoms.